The summed E-state index contributed by atoms with van der Waals surface area (Å²) in [5, 5.41) is 17.2. The van der Waals surface area contributed by atoms with Crippen LogP contribution in [0.4, 0.5) is 8.78 Å². The Morgan fingerprint density at radius 2 is 2.27 bits per heavy atom. The number of hydrogen-bond donors (Lipinski definition) is 1. The molecule has 0 aliphatic carbocycles. The van der Waals surface area contributed by atoms with Crippen LogP contribution < -0.4 is 0 Å². The molecule has 0 unspecified atom stereocenters. The first-order valence-electron chi connectivity index (χ1n) is 3.59. The quantitative estimate of drug-likeness (QED) is 0.668. The largest absolute Gasteiger partial charge is 0.477 e. The van der Waals surface area contributed by atoms with Crippen molar-refractivity contribution in [2.45, 2.75) is 6.43 Å². The summed E-state index contributed by atoms with van der Waals surface area (Å²) in [6.07, 6.45) is -2.89. The molecule has 15 heavy (non-hydrogen) atoms. The molecule has 0 aromatic carbocycles. The standard InChI is InChI=1S/C8H3F2IN2O2/c9-6(10)3-1-5(8(14)15)13-7(11)4(3)2-12/h1,6H,(H,14,15). The van der Waals surface area contributed by atoms with Gasteiger partial charge in [-0.2, -0.15) is 5.26 Å². The molecule has 0 saturated carbocycles. The number of carboxylic acids is 1. The summed E-state index contributed by atoms with van der Waals surface area (Å²) in [6, 6.07) is 2.28. The van der Waals surface area contributed by atoms with Gasteiger partial charge >= 0.3 is 5.97 Å². The third-order valence-electron chi connectivity index (χ3n) is 1.57. The molecule has 1 aromatic rings. The molecule has 0 aliphatic rings. The molecule has 7 heteroatoms. The fourth-order valence-corrected chi connectivity index (χ4v) is 1.62. The Labute approximate surface area is 96.7 Å². The van der Waals surface area contributed by atoms with Crippen LogP contribution >= 0.6 is 22.6 Å². The number of nitriles is 1. The van der Waals surface area contributed by atoms with Crippen molar-refractivity contribution < 1.29 is 18.7 Å². The first-order valence-corrected chi connectivity index (χ1v) is 4.67. The smallest absolute Gasteiger partial charge is 0.354 e. The van der Waals surface area contributed by atoms with E-state index in [0.717, 1.165) is 0 Å². The van der Waals surface area contributed by atoms with Crippen molar-refractivity contribution in [2.75, 3.05) is 0 Å². The number of halogens is 3. The molecule has 0 radical (unpaired) electrons. The van der Waals surface area contributed by atoms with E-state index in [-0.39, 0.29) is 9.26 Å². The third-order valence-corrected chi connectivity index (χ3v) is 2.35. The minimum Gasteiger partial charge on any atom is -0.477 e. The van der Waals surface area contributed by atoms with Gasteiger partial charge in [0.2, 0.25) is 0 Å². The molecule has 1 rings (SSSR count). The predicted molar refractivity (Wildman–Crippen MR) is 53.6 cm³/mol. The van der Waals surface area contributed by atoms with Crippen LogP contribution in [0.3, 0.4) is 0 Å². The van der Waals surface area contributed by atoms with E-state index in [4.69, 9.17) is 10.4 Å². The van der Waals surface area contributed by atoms with Crippen LogP contribution in [0.1, 0.15) is 28.0 Å². The number of carbonyl (C=O) groups is 1. The highest BCUT2D eigenvalue weighted by atomic mass is 127. The number of nitrogens with zero attached hydrogens (tertiary/aromatic N) is 2. The highest BCUT2D eigenvalue weighted by molar-refractivity contribution is 14.1. The van der Waals surface area contributed by atoms with Crippen molar-refractivity contribution in [1.82, 2.24) is 4.98 Å². The Morgan fingerprint density at radius 3 is 2.67 bits per heavy atom. The van der Waals surface area contributed by atoms with Gasteiger partial charge in [0.15, 0.2) is 0 Å². The summed E-state index contributed by atoms with van der Waals surface area (Å²) in [6.45, 7) is 0. The van der Waals surface area contributed by atoms with E-state index in [2.05, 4.69) is 4.98 Å². The summed E-state index contributed by atoms with van der Waals surface area (Å²) >= 11 is 1.55. The number of alkyl halides is 2. The Kier molecular flexibility index (Phi) is 3.52. The highest BCUT2D eigenvalue weighted by Gasteiger charge is 2.20. The summed E-state index contributed by atoms with van der Waals surface area (Å²) < 4.78 is 24.9. The second kappa shape index (κ2) is 4.48. The van der Waals surface area contributed by atoms with E-state index in [1.807, 2.05) is 0 Å². The van der Waals surface area contributed by atoms with Crippen molar-refractivity contribution in [1.29, 1.82) is 5.26 Å². The normalized spacial score (nSPS) is 10.1. The zero-order valence-electron chi connectivity index (χ0n) is 7.04. The van der Waals surface area contributed by atoms with Gasteiger partial charge in [0, 0.05) is 5.56 Å². The number of aromatic nitrogens is 1. The summed E-state index contributed by atoms with van der Waals surface area (Å²) in [5.74, 6) is -1.40. The molecule has 1 aromatic heterocycles. The van der Waals surface area contributed by atoms with Gasteiger partial charge in [-0.1, -0.05) is 0 Å². The Bertz CT molecular complexity index is 457. The maximum Gasteiger partial charge on any atom is 0.354 e. The fourth-order valence-electron chi connectivity index (χ4n) is 0.925. The molecular formula is C8H3F2IN2O2. The van der Waals surface area contributed by atoms with Gasteiger partial charge in [-0.3, -0.25) is 0 Å². The van der Waals surface area contributed by atoms with E-state index in [9.17, 15) is 13.6 Å². The zero-order valence-corrected chi connectivity index (χ0v) is 9.20. The van der Waals surface area contributed by atoms with E-state index < -0.39 is 23.7 Å². The predicted octanol–water partition coefficient (Wildman–Crippen LogP) is 2.19. The van der Waals surface area contributed by atoms with Crippen molar-refractivity contribution in [3.8, 4) is 6.07 Å². The molecule has 1 heterocycles. The maximum absolute atomic E-state index is 12.5. The van der Waals surface area contributed by atoms with Gasteiger partial charge in [-0.15, -0.1) is 0 Å². The lowest BCUT2D eigenvalue weighted by atomic mass is 10.1. The van der Waals surface area contributed by atoms with Crippen molar-refractivity contribution in [3.05, 3.63) is 26.6 Å². The number of pyridine rings is 1. The van der Waals surface area contributed by atoms with Crippen molar-refractivity contribution in [2.24, 2.45) is 0 Å². The van der Waals surface area contributed by atoms with Gasteiger partial charge in [-0.05, 0) is 28.7 Å². The Hall–Kier alpha value is -1.30. The molecule has 0 aliphatic heterocycles. The van der Waals surface area contributed by atoms with E-state index >= 15 is 0 Å². The highest BCUT2D eigenvalue weighted by Crippen LogP contribution is 2.25. The molecule has 0 saturated heterocycles. The summed E-state index contributed by atoms with van der Waals surface area (Å²) in [4.78, 5) is 14.1. The van der Waals surface area contributed by atoms with Crippen LogP contribution in [0, 0.1) is 15.0 Å². The van der Waals surface area contributed by atoms with Gasteiger partial charge in [-0.25, -0.2) is 18.6 Å². The number of carboxylic acid groups (broad SMARTS) is 1. The number of rotatable bonds is 2. The summed E-state index contributed by atoms with van der Waals surface area (Å²) in [5.41, 5.74) is -1.38. The average molecular weight is 324 g/mol. The SMILES string of the molecule is N#Cc1c(C(F)F)cc(C(=O)O)nc1I. The van der Waals surface area contributed by atoms with Crippen LogP contribution in [0.15, 0.2) is 6.07 Å². The molecule has 1 N–H and O–H groups in total. The maximum atomic E-state index is 12.5. The second-order valence-corrected chi connectivity index (χ2v) is 3.50. The van der Waals surface area contributed by atoms with E-state index in [1.54, 1.807) is 28.7 Å². The van der Waals surface area contributed by atoms with E-state index in [1.165, 1.54) is 0 Å². The lowest BCUT2D eigenvalue weighted by Crippen LogP contribution is -2.06. The zero-order chi connectivity index (χ0) is 11.6. The minimum absolute atomic E-state index is 0.0368. The van der Waals surface area contributed by atoms with Crippen LogP contribution in [0.5, 0.6) is 0 Å². The first kappa shape index (κ1) is 11.8. The van der Waals surface area contributed by atoms with Gasteiger partial charge in [0.05, 0.1) is 5.56 Å². The molecule has 0 atom stereocenters. The van der Waals surface area contributed by atoms with Crippen LogP contribution in [-0.2, 0) is 0 Å². The topological polar surface area (TPSA) is 74.0 Å². The summed E-state index contributed by atoms with van der Waals surface area (Å²) in [7, 11) is 0. The molecule has 0 fully saturated rings. The molecule has 0 spiro atoms. The molecule has 0 bridgehead atoms. The van der Waals surface area contributed by atoms with Crippen molar-refractivity contribution in [3.63, 3.8) is 0 Å². The number of hydrogen-bond acceptors (Lipinski definition) is 3. The van der Waals surface area contributed by atoms with Gasteiger partial charge < -0.3 is 5.11 Å². The van der Waals surface area contributed by atoms with Crippen molar-refractivity contribution >= 4 is 28.6 Å². The molecular weight excluding hydrogens is 321 g/mol. The number of aromatic carboxylic acids is 1. The minimum atomic E-state index is -2.89. The van der Waals surface area contributed by atoms with Crippen LogP contribution in [0.25, 0.3) is 0 Å². The second-order valence-electron chi connectivity index (χ2n) is 2.48. The first-order chi connectivity index (χ1) is 6.97. The molecule has 0 amide bonds. The van der Waals surface area contributed by atoms with Crippen LogP contribution in [-0.4, -0.2) is 16.1 Å². The van der Waals surface area contributed by atoms with E-state index in [0.29, 0.717) is 6.07 Å². The molecule has 78 valence electrons. The third kappa shape index (κ3) is 2.38. The lowest BCUT2D eigenvalue weighted by molar-refractivity contribution is 0.0689. The molecule has 4 nitrogen and oxygen atoms in total. The fraction of sp³-hybridized carbons (Fsp3) is 0.125. The van der Waals surface area contributed by atoms with Gasteiger partial charge in [0.25, 0.3) is 6.43 Å². The van der Waals surface area contributed by atoms with Gasteiger partial charge in [0.1, 0.15) is 15.5 Å². The Morgan fingerprint density at radius 1 is 1.67 bits per heavy atom. The van der Waals surface area contributed by atoms with Crippen LogP contribution in [0.2, 0.25) is 0 Å². The average Bonchev–Trinajstić information content (AvgIpc) is 2.16. The monoisotopic (exact) mass is 324 g/mol. The Balaban J connectivity index is 3.47. The lowest BCUT2D eigenvalue weighted by Gasteiger charge is -2.05.